The van der Waals surface area contributed by atoms with Gasteiger partial charge in [0.05, 0.1) is 0 Å². The van der Waals surface area contributed by atoms with Crippen LogP contribution in [0.4, 0.5) is 0 Å². The number of fused-ring (bicyclic) bond motifs is 3. The number of para-hydroxylation sites is 1. The molecular formula is C15H10N4O. The van der Waals surface area contributed by atoms with Gasteiger partial charge in [0.2, 0.25) is 5.88 Å². The lowest BCUT2D eigenvalue weighted by Gasteiger charge is -2.08. The fourth-order valence-electron chi connectivity index (χ4n) is 2.17. The van der Waals surface area contributed by atoms with Gasteiger partial charge in [-0.3, -0.25) is 0 Å². The van der Waals surface area contributed by atoms with E-state index in [1.807, 2.05) is 54.6 Å². The van der Waals surface area contributed by atoms with Crippen LogP contribution in [0.25, 0.3) is 16.4 Å². The van der Waals surface area contributed by atoms with Crippen molar-refractivity contribution in [2.75, 3.05) is 0 Å². The SMILES string of the molecule is c1ccc(Oc2nn3cnnc3c3ccccc23)cc1. The number of ether oxygens (including phenoxy) is 1. The van der Waals surface area contributed by atoms with Gasteiger partial charge in [-0.25, -0.2) is 0 Å². The summed E-state index contributed by atoms with van der Waals surface area (Å²) in [7, 11) is 0. The number of benzene rings is 2. The maximum absolute atomic E-state index is 5.88. The molecule has 0 saturated heterocycles. The zero-order valence-electron chi connectivity index (χ0n) is 10.5. The second-order valence-electron chi connectivity index (χ2n) is 4.36. The standard InChI is InChI=1S/C15H10N4O/c1-2-6-11(7-3-1)20-15-13-9-5-4-8-12(13)14-17-16-10-19(14)18-15/h1-10H. The van der Waals surface area contributed by atoms with Crippen LogP contribution in [0.3, 0.4) is 0 Å². The Kier molecular flexibility index (Phi) is 2.35. The molecule has 0 saturated carbocycles. The molecule has 0 bridgehead atoms. The summed E-state index contributed by atoms with van der Waals surface area (Å²) >= 11 is 0. The zero-order chi connectivity index (χ0) is 13.4. The molecule has 2 aromatic carbocycles. The van der Waals surface area contributed by atoms with Crippen LogP contribution in [-0.2, 0) is 0 Å². The van der Waals surface area contributed by atoms with Gasteiger partial charge in [-0.15, -0.1) is 15.3 Å². The first-order valence-electron chi connectivity index (χ1n) is 6.23. The normalized spacial score (nSPS) is 11.0. The van der Waals surface area contributed by atoms with Crippen LogP contribution in [0.15, 0.2) is 60.9 Å². The van der Waals surface area contributed by atoms with Crippen molar-refractivity contribution in [1.82, 2.24) is 19.8 Å². The predicted octanol–water partition coefficient (Wildman–Crippen LogP) is 3.07. The average Bonchev–Trinajstić information content (AvgIpc) is 2.97. The molecule has 2 heterocycles. The minimum Gasteiger partial charge on any atom is -0.437 e. The van der Waals surface area contributed by atoms with Crippen molar-refractivity contribution in [1.29, 1.82) is 0 Å². The minimum absolute atomic E-state index is 0.541. The highest BCUT2D eigenvalue weighted by Gasteiger charge is 2.11. The highest BCUT2D eigenvalue weighted by Crippen LogP contribution is 2.29. The molecule has 0 fully saturated rings. The first-order valence-corrected chi connectivity index (χ1v) is 6.23. The summed E-state index contributed by atoms with van der Waals surface area (Å²) < 4.78 is 7.51. The molecular weight excluding hydrogens is 252 g/mol. The van der Waals surface area contributed by atoms with Gasteiger partial charge in [-0.05, 0) is 18.2 Å². The van der Waals surface area contributed by atoms with Crippen molar-refractivity contribution in [2.45, 2.75) is 0 Å². The van der Waals surface area contributed by atoms with E-state index < -0.39 is 0 Å². The van der Waals surface area contributed by atoms with Crippen molar-refractivity contribution in [3.8, 4) is 11.6 Å². The van der Waals surface area contributed by atoms with Crippen LogP contribution in [0.5, 0.6) is 11.6 Å². The van der Waals surface area contributed by atoms with E-state index in [1.54, 1.807) is 10.8 Å². The van der Waals surface area contributed by atoms with Gasteiger partial charge < -0.3 is 4.74 Å². The topological polar surface area (TPSA) is 52.3 Å². The van der Waals surface area contributed by atoms with Crippen molar-refractivity contribution in [3.05, 3.63) is 60.9 Å². The van der Waals surface area contributed by atoms with Crippen molar-refractivity contribution >= 4 is 16.4 Å². The largest absolute Gasteiger partial charge is 0.437 e. The van der Waals surface area contributed by atoms with E-state index in [-0.39, 0.29) is 0 Å². The zero-order valence-corrected chi connectivity index (χ0v) is 10.5. The van der Waals surface area contributed by atoms with Gasteiger partial charge in [0.25, 0.3) is 0 Å². The molecule has 0 aliphatic heterocycles. The highest BCUT2D eigenvalue weighted by atomic mass is 16.5. The molecule has 0 spiro atoms. The summed E-state index contributed by atoms with van der Waals surface area (Å²) in [4.78, 5) is 0. The lowest BCUT2D eigenvalue weighted by molar-refractivity contribution is 0.459. The number of rotatable bonds is 2. The summed E-state index contributed by atoms with van der Waals surface area (Å²) in [6.45, 7) is 0. The monoisotopic (exact) mass is 262 g/mol. The molecule has 5 heteroatoms. The smallest absolute Gasteiger partial charge is 0.245 e. The summed E-state index contributed by atoms with van der Waals surface area (Å²) in [6, 6.07) is 17.5. The Morgan fingerprint density at radius 1 is 0.850 bits per heavy atom. The molecule has 0 N–H and O–H groups in total. The Bertz CT molecular complexity index is 886. The summed E-state index contributed by atoms with van der Waals surface area (Å²) in [5, 5.41) is 14.3. The number of nitrogens with zero attached hydrogens (tertiary/aromatic N) is 4. The number of hydrogen-bond acceptors (Lipinski definition) is 4. The van der Waals surface area contributed by atoms with Crippen LogP contribution >= 0.6 is 0 Å². The van der Waals surface area contributed by atoms with Gasteiger partial charge in [0, 0.05) is 10.8 Å². The molecule has 20 heavy (non-hydrogen) atoms. The second kappa shape index (κ2) is 4.31. The maximum atomic E-state index is 5.88. The third-order valence-corrected chi connectivity index (χ3v) is 3.09. The van der Waals surface area contributed by atoms with Crippen LogP contribution in [-0.4, -0.2) is 19.8 Å². The van der Waals surface area contributed by atoms with Gasteiger partial charge in [-0.2, -0.15) is 4.52 Å². The first-order chi connectivity index (χ1) is 9.92. The van der Waals surface area contributed by atoms with Crippen LogP contribution in [0.2, 0.25) is 0 Å². The molecule has 5 nitrogen and oxygen atoms in total. The third kappa shape index (κ3) is 1.68. The average molecular weight is 262 g/mol. The Morgan fingerprint density at radius 3 is 2.45 bits per heavy atom. The number of aromatic nitrogens is 4. The lowest BCUT2D eigenvalue weighted by Crippen LogP contribution is -1.97. The summed E-state index contributed by atoms with van der Waals surface area (Å²) in [5.74, 6) is 1.29. The van der Waals surface area contributed by atoms with Crippen molar-refractivity contribution < 1.29 is 4.74 Å². The molecule has 0 aliphatic rings. The first kappa shape index (κ1) is 10.9. The number of hydrogen-bond donors (Lipinski definition) is 0. The van der Waals surface area contributed by atoms with E-state index >= 15 is 0 Å². The fraction of sp³-hybridized carbons (Fsp3) is 0. The van der Waals surface area contributed by atoms with Crippen molar-refractivity contribution in [3.63, 3.8) is 0 Å². The maximum Gasteiger partial charge on any atom is 0.245 e. The molecule has 96 valence electrons. The van der Waals surface area contributed by atoms with Gasteiger partial charge in [0.1, 0.15) is 12.1 Å². The molecule has 0 unspecified atom stereocenters. The molecule has 4 rings (SSSR count). The van der Waals surface area contributed by atoms with Gasteiger partial charge in [-0.1, -0.05) is 36.4 Å². The van der Waals surface area contributed by atoms with Crippen molar-refractivity contribution in [2.24, 2.45) is 0 Å². The molecule has 4 aromatic rings. The van der Waals surface area contributed by atoms with Crippen LogP contribution in [0, 0.1) is 0 Å². The van der Waals surface area contributed by atoms with E-state index in [2.05, 4.69) is 15.3 Å². The Hall–Kier alpha value is -2.95. The Balaban J connectivity index is 1.96. The Morgan fingerprint density at radius 2 is 1.60 bits per heavy atom. The molecule has 0 amide bonds. The van der Waals surface area contributed by atoms with Gasteiger partial charge in [0.15, 0.2) is 5.65 Å². The molecule has 2 aromatic heterocycles. The van der Waals surface area contributed by atoms with E-state index in [1.165, 1.54) is 0 Å². The summed E-state index contributed by atoms with van der Waals surface area (Å²) in [5.41, 5.74) is 0.723. The van der Waals surface area contributed by atoms with E-state index in [4.69, 9.17) is 4.74 Å². The van der Waals surface area contributed by atoms with E-state index in [0.717, 1.165) is 22.2 Å². The van der Waals surface area contributed by atoms with Crippen LogP contribution in [0.1, 0.15) is 0 Å². The highest BCUT2D eigenvalue weighted by molar-refractivity contribution is 5.96. The third-order valence-electron chi connectivity index (χ3n) is 3.09. The molecule has 0 atom stereocenters. The van der Waals surface area contributed by atoms with Gasteiger partial charge >= 0.3 is 0 Å². The quantitative estimate of drug-likeness (QED) is 0.557. The molecule has 0 aliphatic carbocycles. The minimum atomic E-state index is 0.541. The summed E-state index contributed by atoms with van der Waals surface area (Å²) in [6.07, 6.45) is 1.57. The van der Waals surface area contributed by atoms with E-state index in [9.17, 15) is 0 Å². The molecule has 0 radical (unpaired) electrons. The van der Waals surface area contributed by atoms with E-state index in [0.29, 0.717) is 5.88 Å². The second-order valence-corrected chi connectivity index (χ2v) is 4.36. The fourth-order valence-corrected chi connectivity index (χ4v) is 2.17. The van der Waals surface area contributed by atoms with Crippen LogP contribution < -0.4 is 4.74 Å². The lowest BCUT2D eigenvalue weighted by atomic mass is 10.2. The predicted molar refractivity (Wildman–Crippen MR) is 74.8 cm³/mol. The Labute approximate surface area is 114 Å².